The van der Waals surface area contributed by atoms with E-state index in [0.717, 1.165) is 0 Å². The Kier molecular flexibility index (Phi) is 8.16. The number of nitrogens with one attached hydrogen (secondary N) is 2. The van der Waals surface area contributed by atoms with Gasteiger partial charge in [-0.1, -0.05) is 32.4 Å². The van der Waals surface area contributed by atoms with Gasteiger partial charge in [0.2, 0.25) is 0 Å². The van der Waals surface area contributed by atoms with Crippen molar-refractivity contribution in [2.45, 2.75) is 26.3 Å². The van der Waals surface area contributed by atoms with Gasteiger partial charge in [0.05, 0.1) is 24.6 Å². The van der Waals surface area contributed by atoms with E-state index < -0.39 is 36.4 Å². The third kappa shape index (κ3) is 5.94. The van der Waals surface area contributed by atoms with Crippen molar-refractivity contribution in [1.29, 1.82) is 0 Å². The largest absolute Gasteiger partial charge is 0.467 e. The molecule has 9 heteroatoms. The maximum atomic E-state index is 12.4. The van der Waals surface area contributed by atoms with Gasteiger partial charge < -0.3 is 24.5 Å². The molecule has 0 spiro atoms. The van der Waals surface area contributed by atoms with Gasteiger partial charge >= 0.3 is 11.9 Å². The summed E-state index contributed by atoms with van der Waals surface area (Å²) < 4.78 is 14.8. The monoisotopic (exact) mass is 416 g/mol. The van der Waals surface area contributed by atoms with Crippen molar-refractivity contribution in [2.24, 2.45) is 5.92 Å². The Morgan fingerprint density at radius 1 is 1.10 bits per heavy atom. The van der Waals surface area contributed by atoms with Crippen LogP contribution >= 0.6 is 0 Å². The van der Waals surface area contributed by atoms with Gasteiger partial charge in [0.1, 0.15) is 6.04 Å². The van der Waals surface area contributed by atoms with Crippen molar-refractivity contribution in [1.82, 2.24) is 5.32 Å². The fraction of sp³-hybridized carbons (Fsp3) is 0.333. The van der Waals surface area contributed by atoms with Gasteiger partial charge in [-0.15, -0.1) is 0 Å². The van der Waals surface area contributed by atoms with Crippen LogP contribution in [-0.2, 0) is 19.1 Å². The Morgan fingerprint density at radius 2 is 1.83 bits per heavy atom. The van der Waals surface area contributed by atoms with E-state index in [2.05, 4.69) is 10.6 Å². The summed E-state index contributed by atoms with van der Waals surface area (Å²) in [6, 6.07) is 8.40. The zero-order valence-electron chi connectivity index (χ0n) is 17.0. The van der Waals surface area contributed by atoms with Crippen molar-refractivity contribution in [2.75, 3.05) is 19.0 Å². The zero-order valence-corrected chi connectivity index (χ0v) is 17.0. The average molecular weight is 416 g/mol. The summed E-state index contributed by atoms with van der Waals surface area (Å²) in [4.78, 5) is 48.6. The number of amides is 2. The molecule has 9 nitrogen and oxygen atoms in total. The molecular formula is C21H24N2O7. The first-order valence-corrected chi connectivity index (χ1v) is 9.35. The van der Waals surface area contributed by atoms with E-state index in [1.807, 2.05) is 6.92 Å². The highest BCUT2D eigenvalue weighted by atomic mass is 16.5. The second kappa shape index (κ2) is 10.8. The Hall–Kier alpha value is -3.62. The van der Waals surface area contributed by atoms with Gasteiger partial charge in [0.25, 0.3) is 11.8 Å². The van der Waals surface area contributed by atoms with E-state index in [4.69, 9.17) is 13.9 Å². The molecule has 1 heterocycles. The number of para-hydroxylation sites is 1. The van der Waals surface area contributed by atoms with Gasteiger partial charge in [0, 0.05) is 0 Å². The van der Waals surface area contributed by atoms with Crippen molar-refractivity contribution in [3.8, 4) is 0 Å². The number of hydrogen-bond donors (Lipinski definition) is 2. The van der Waals surface area contributed by atoms with E-state index in [1.54, 1.807) is 25.1 Å². The first kappa shape index (κ1) is 22.7. The molecule has 2 N–H and O–H groups in total. The molecule has 0 unspecified atom stereocenters. The van der Waals surface area contributed by atoms with Crippen LogP contribution in [-0.4, -0.2) is 43.5 Å². The van der Waals surface area contributed by atoms with Gasteiger partial charge in [-0.25, -0.2) is 9.59 Å². The Morgan fingerprint density at radius 3 is 2.47 bits per heavy atom. The Labute approximate surface area is 173 Å². The fourth-order valence-electron chi connectivity index (χ4n) is 2.58. The predicted octanol–water partition coefficient (Wildman–Crippen LogP) is 2.39. The van der Waals surface area contributed by atoms with Crippen molar-refractivity contribution < 1.29 is 33.1 Å². The number of ether oxygens (including phenoxy) is 2. The quantitative estimate of drug-likeness (QED) is 0.602. The lowest BCUT2D eigenvalue weighted by Crippen LogP contribution is -2.47. The summed E-state index contributed by atoms with van der Waals surface area (Å²) >= 11 is 0. The molecule has 30 heavy (non-hydrogen) atoms. The molecular weight excluding hydrogens is 392 g/mol. The molecule has 0 aliphatic heterocycles. The van der Waals surface area contributed by atoms with E-state index in [0.29, 0.717) is 6.42 Å². The third-order valence-corrected chi connectivity index (χ3v) is 4.46. The van der Waals surface area contributed by atoms with Gasteiger partial charge in [-0.2, -0.15) is 0 Å². The molecule has 0 aliphatic rings. The third-order valence-electron chi connectivity index (χ3n) is 4.46. The minimum Gasteiger partial charge on any atom is -0.467 e. The molecule has 0 aliphatic carbocycles. The second-order valence-corrected chi connectivity index (χ2v) is 6.51. The van der Waals surface area contributed by atoms with Crippen LogP contribution in [0.15, 0.2) is 47.1 Å². The van der Waals surface area contributed by atoms with Crippen molar-refractivity contribution in [3.05, 3.63) is 54.0 Å². The molecule has 1 aromatic carbocycles. The molecule has 2 atom stereocenters. The highest BCUT2D eigenvalue weighted by Crippen LogP contribution is 2.18. The molecule has 2 rings (SSSR count). The lowest BCUT2D eigenvalue weighted by atomic mass is 9.99. The summed E-state index contributed by atoms with van der Waals surface area (Å²) in [7, 11) is 1.23. The second-order valence-electron chi connectivity index (χ2n) is 6.51. The highest BCUT2D eigenvalue weighted by Gasteiger charge is 2.27. The summed E-state index contributed by atoms with van der Waals surface area (Å²) in [6.07, 6.45) is 2.00. The van der Waals surface area contributed by atoms with Crippen LogP contribution < -0.4 is 10.6 Å². The van der Waals surface area contributed by atoms with Gasteiger partial charge in [-0.05, 0) is 30.2 Å². The van der Waals surface area contributed by atoms with Crippen LogP contribution in [0.2, 0.25) is 0 Å². The fourth-order valence-corrected chi connectivity index (χ4v) is 2.58. The van der Waals surface area contributed by atoms with Crippen molar-refractivity contribution >= 4 is 29.4 Å². The summed E-state index contributed by atoms with van der Waals surface area (Å²) in [5.74, 6) is -2.64. The maximum Gasteiger partial charge on any atom is 0.340 e. The lowest BCUT2D eigenvalue weighted by molar-refractivity contribution is -0.147. The SMILES string of the molecule is CC[C@H](C)[C@@H](NC(=O)COC(=O)c1ccccc1NC(=O)c1ccco1)C(=O)OC. The molecule has 1 aromatic heterocycles. The Balaban J connectivity index is 2.00. The predicted molar refractivity (Wildman–Crippen MR) is 107 cm³/mol. The van der Waals surface area contributed by atoms with E-state index in [1.165, 1.54) is 31.6 Å². The summed E-state index contributed by atoms with van der Waals surface area (Å²) in [5, 5.41) is 5.08. The lowest BCUT2D eigenvalue weighted by Gasteiger charge is -2.21. The normalized spacial score (nSPS) is 12.4. The first-order valence-electron chi connectivity index (χ1n) is 9.35. The number of rotatable bonds is 9. The highest BCUT2D eigenvalue weighted by molar-refractivity contribution is 6.06. The minimum atomic E-state index is -0.842. The number of carbonyl (C=O) groups excluding carboxylic acids is 4. The topological polar surface area (TPSA) is 124 Å². The van der Waals surface area contributed by atoms with Crippen LogP contribution in [0.5, 0.6) is 0 Å². The van der Waals surface area contributed by atoms with E-state index >= 15 is 0 Å². The first-order chi connectivity index (χ1) is 14.4. The minimum absolute atomic E-state index is 0.0663. The van der Waals surface area contributed by atoms with Crippen LogP contribution in [0.3, 0.4) is 0 Å². The number of esters is 2. The molecule has 2 aromatic rings. The number of methoxy groups -OCH3 is 1. The number of hydrogen-bond acceptors (Lipinski definition) is 7. The standard InChI is InChI=1S/C21H24N2O7/c1-4-13(2)18(21(27)28-3)23-17(24)12-30-20(26)14-8-5-6-9-15(14)22-19(25)16-10-7-11-29-16/h5-11,13,18H,4,12H2,1-3H3,(H,22,25)(H,23,24)/t13-,18+/m0/s1. The molecule has 0 bridgehead atoms. The molecule has 0 saturated heterocycles. The number of furan rings is 1. The van der Waals surface area contributed by atoms with Crippen molar-refractivity contribution in [3.63, 3.8) is 0 Å². The summed E-state index contributed by atoms with van der Waals surface area (Å²) in [5.41, 5.74) is 0.271. The number of benzene rings is 1. The van der Waals surface area contributed by atoms with Crippen LogP contribution in [0.1, 0.15) is 41.2 Å². The Bertz CT molecular complexity index is 893. The maximum absolute atomic E-state index is 12.4. The molecule has 0 radical (unpaired) electrons. The molecule has 160 valence electrons. The van der Waals surface area contributed by atoms with E-state index in [9.17, 15) is 19.2 Å². The van der Waals surface area contributed by atoms with Gasteiger partial charge in [-0.3, -0.25) is 9.59 Å². The van der Waals surface area contributed by atoms with Crippen LogP contribution in [0.4, 0.5) is 5.69 Å². The molecule has 2 amide bonds. The zero-order chi connectivity index (χ0) is 22.1. The molecule has 0 fully saturated rings. The number of anilines is 1. The average Bonchev–Trinajstić information content (AvgIpc) is 3.30. The van der Waals surface area contributed by atoms with Gasteiger partial charge in [0.15, 0.2) is 12.4 Å². The van der Waals surface area contributed by atoms with Crippen LogP contribution in [0, 0.1) is 5.92 Å². The molecule has 0 saturated carbocycles. The summed E-state index contributed by atoms with van der Waals surface area (Å²) in [6.45, 7) is 3.08. The van der Waals surface area contributed by atoms with E-state index in [-0.39, 0.29) is 22.9 Å². The smallest absolute Gasteiger partial charge is 0.340 e. The number of carbonyl (C=O) groups is 4. The van der Waals surface area contributed by atoms with Crippen LogP contribution in [0.25, 0.3) is 0 Å².